The number of rotatable bonds is 9. The predicted molar refractivity (Wildman–Crippen MR) is 136 cm³/mol. The van der Waals surface area contributed by atoms with Crippen molar-refractivity contribution in [3.8, 4) is 11.1 Å². The van der Waals surface area contributed by atoms with Gasteiger partial charge < -0.3 is 25.4 Å². The molecule has 1 aliphatic heterocycles. The zero-order valence-electron chi connectivity index (χ0n) is 21.1. The summed E-state index contributed by atoms with van der Waals surface area (Å²) in [4.78, 5) is 75.8. The quantitative estimate of drug-likeness (QED) is 0.365. The summed E-state index contributed by atoms with van der Waals surface area (Å²) >= 11 is 0. The highest BCUT2D eigenvalue weighted by Crippen LogP contribution is 2.36. The molecule has 1 aliphatic carbocycles. The molecule has 2 aromatic carbocycles. The van der Waals surface area contributed by atoms with Crippen LogP contribution in [0.5, 0.6) is 0 Å². The Kier molecular flexibility index (Phi) is 7.70. The Labute approximate surface area is 219 Å². The minimum absolute atomic E-state index is 0.163. The molecule has 1 unspecified atom stereocenters. The number of hydrogen-bond acceptors (Lipinski definition) is 6. The average molecular weight is 520 g/mol. The molecule has 38 heavy (non-hydrogen) atoms. The van der Waals surface area contributed by atoms with Gasteiger partial charge >= 0.3 is 5.97 Å². The average Bonchev–Trinajstić information content (AvgIpc) is 3.49. The number of nitrogens with one attached hydrogen (secondary N) is 2. The van der Waals surface area contributed by atoms with E-state index >= 15 is 0 Å². The molecular weight excluding hydrogens is 490 g/mol. The van der Waals surface area contributed by atoms with E-state index in [0.29, 0.717) is 30.3 Å². The van der Waals surface area contributed by atoms with Gasteiger partial charge in [-0.05, 0) is 42.0 Å². The molecule has 2 aliphatic rings. The molecule has 10 heteroatoms. The Morgan fingerprint density at radius 2 is 1.71 bits per heavy atom. The molecule has 0 spiro atoms. The van der Waals surface area contributed by atoms with Gasteiger partial charge in [-0.15, -0.1) is 0 Å². The van der Waals surface area contributed by atoms with Crippen molar-refractivity contribution in [3.63, 3.8) is 0 Å². The zero-order valence-corrected chi connectivity index (χ0v) is 21.1. The summed E-state index contributed by atoms with van der Waals surface area (Å²) in [5.74, 6) is -3.29. The van der Waals surface area contributed by atoms with Crippen molar-refractivity contribution in [2.45, 2.75) is 51.2 Å². The van der Waals surface area contributed by atoms with E-state index in [-0.39, 0.29) is 23.8 Å². The third kappa shape index (κ3) is 5.20. The molecule has 1 heterocycles. The van der Waals surface area contributed by atoms with Crippen molar-refractivity contribution in [1.29, 1.82) is 0 Å². The molecule has 4 rings (SSSR count). The number of ketones is 1. The molecule has 1 saturated heterocycles. The van der Waals surface area contributed by atoms with Gasteiger partial charge in [0, 0.05) is 23.2 Å². The molecule has 3 amide bonds. The second-order valence-corrected chi connectivity index (χ2v) is 9.87. The Balaban J connectivity index is 1.49. The molecule has 0 bridgehead atoms. The molecule has 3 atom stereocenters. The van der Waals surface area contributed by atoms with Crippen LogP contribution >= 0.6 is 0 Å². The van der Waals surface area contributed by atoms with Crippen molar-refractivity contribution in [2.24, 2.45) is 5.92 Å². The van der Waals surface area contributed by atoms with E-state index in [4.69, 9.17) is 5.11 Å². The first-order chi connectivity index (χ1) is 18.1. The summed E-state index contributed by atoms with van der Waals surface area (Å²) in [5.41, 5.74) is 2.80. The van der Waals surface area contributed by atoms with Crippen molar-refractivity contribution in [2.75, 3.05) is 6.54 Å². The lowest BCUT2D eigenvalue weighted by Crippen LogP contribution is -2.56. The number of hydrogen-bond donors (Lipinski definition) is 3. The van der Waals surface area contributed by atoms with Crippen molar-refractivity contribution >= 4 is 35.8 Å². The van der Waals surface area contributed by atoms with Crippen LogP contribution in [0.25, 0.3) is 11.1 Å². The lowest BCUT2D eigenvalue weighted by molar-refractivity contribution is -0.142. The summed E-state index contributed by atoms with van der Waals surface area (Å²) in [5, 5.41) is 14.1. The topological polar surface area (TPSA) is 150 Å². The number of fused-ring (bicyclic) bond motifs is 3. The van der Waals surface area contributed by atoms with Crippen LogP contribution in [0.15, 0.2) is 42.5 Å². The van der Waals surface area contributed by atoms with E-state index in [1.807, 2.05) is 12.1 Å². The monoisotopic (exact) mass is 519 g/mol. The highest BCUT2D eigenvalue weighted by Gasteiger charge is 2.39. The number of carboxylic acid groups (broad SMARTS) is 1. The third-order valence-corrected chi connectivity index (χ3v) is 6.93. The minimum Gasteiger partial charge on any atom is -0.481 e. The number of benzene rings is 2. The van der Waals surface area contributed by atoms with E-state index < -0.39 is 48.2 Å². The predicted octanol–water partition coefficient (Wildman–Crippen LogP) is 1.80. The molecular formula is C28H29N3O7. The van der Waals surface area contributed by atoms with Gasteiger partial charge in [0.1, 0.15) is 18.4 Å². The first kappa shape index (κ1) is 26.7. The van der Waals surface area contributed by atoms with Gasteiger partial charge in [-0.2, -0.15) is 0 Å². The highest BCUT2D eigenvalue weighted by molar-refractivity contribution is 6.22. The normalized spacial score (nSPS) is 17.4. The zero-order chi connectivity index (χ0) is 27.6. The molecule has 0 aromatic heterocycles. The lowest BCUT2D eigenvalue weighted by Gasteiger charge is -2.31. The Morgan fingerprint density at radius 1 is 1.03 bits per heavy atom. The van der Waals surface area contributed by atoms with E-state index in [1.54, 1.807) is 38.1 Å². The summed E-state index contributed by atoms with van der Waals surface area (Å²) < 4.78 is 0. The van der Waals surface area contributed by atoms with Crippen LogP contribution in [-0.2, 0) is 19.2 Å². The van der Waals surface area contributed by atoms with E-state index in [0.717, 1.165) is 11.1 Å². The number of aliphatic carboxylic acids is 1. The standard InChI is InChI=1S/C28H29N3O7/c1-15(2)24(28(38)31-11-5-8-22(31)27(37)29-17(14-32)13-23(33)34)30-26(36)16-9-10-19-18-6-3-4-7-20(18)25(35)21(19)12-16/h3-4,6-7,9-10,12,14-15,17,22,24H,5,8,11,13H2,1-2H3,(H,29,37)(H,30,36)(H,33,34)/t17-,22?,24-/m0/s1. The molecule has 0 saturated carbocycles. The fraction of sp³-hybridized carbons (Fsp3) is 0.357. The maximum Gasteiger partial charge on any atom is 0.305 e. The van der Waals surface area contributed by atoms with Crippen molar-refractivity contribution < 1.29 is 33.9 Å². The lowest BCUT2D eigenvalue weighted by atomic mass is 10.00. The van der Waals surface area contributed by atoms with E-state index in [2.05, 4.69) is 10.6 Å². The first-order valence-electron chi connectivity index (χ1n) is 12.5. The van der Waals surface area contributed by atoms with Gasteiger partial charge in [-0.3, -0.25) is 24.0 Å². The van der Waals surface area contributed by atoms with Crippen LogP contribution < -0.4 is 10.6 Å². The van der Waals surface area contributed by atoms with Crippen LogP contribution in [-0.4, -0.2) is 70.4 Å². The fourth-order valence-corrected chi connectivity index (χ4v) is 4.99. The number of amides is 3. The Morgan fingerprint density at radius 3 is 2.37 bits per heavy atom. The summed E-state index contributed by atoms with van der Waals surface area (Å²) in [6.07, 6.45) is 0.683. The van der Waals surface area contributed by atoms with Crippen LogP contribution in [0.3, 0.4) is 0 Å². The second kappa shape index (κ2) is 11.0. The smallest absolute Gasteiger partial charge is 0.305 e. The summed E-state index contributed by atoms with van der Waals surface area (Å²) in [7, 11) is 0. The molecule has 2 aromatic rings. The summed E-state index contributed by atoms with van der Waals surface area (Å²) in [6, 6.07) is 9.06. The number of carbonyl (C=O) groups is 6. The largest absolute Gasteiger partial charge is 0.481 e. The Hall–Kier alpha value is -4.34. The minimum atomic E-state index is -1.23. The van der Waals surface area contributed by atoms with Gasteiger partial charge in [-0.25, -0.2) is 0 Å². The van der Waals surface area contributed by atoms with Gasteiger partial charge in [-0.1, -0.05) is 44.2 Å². The SMILES string of the molecule is CC(C)[C@H](NC(=O)c1ccc2c(c1)C(=O)c1ccccc1-2)C(=O)N1CCCC1C(=O)N[C@H](C=O)CC(=O)O. The number of aldehydes is 1. The fourth-order valence-electron chi connectivity index (χ4n) is 4.99. The molecule has 3 N–H and O–H groups in total. The van der Waals surface area contributed by atoms with E-state index in [9.17, 15) is 28.8 Å². The maximum absolute atomic E-state index is 13.5. The van der Waals surface area contributed by atoms with Crippen molar-refractivity contribution in [3.05, 3.63) is 59.2 Å². The number of carboxylic acids is 1. The third-order valence-electron chi connectivity index (χ3n) is 6.93. The Bertz CT molecular complexity index is 1320. The van der Waals surface area contributed by atoms with Gasteiger partial charge in [0.2, 0.25) is 11.8 Å². The van der Waals surface area contributed by atoms with Gasteiger partial charge in [0.15, 0.2) is 5.78 Å². The van der Waals surface area contributed by atoms with Crippen LogP contribution in [0, 0.1) is 5.92 Å². The maximum atomic E-state index is 13.5. The molecule has 1 fully saturated rings. The number of likely N-dealkylation sites (tertiary alicyclic amines) is 1. The molecule has 10 nitrogen and oxygen atoms in total. The van der Waals surface area contributed by atoms with Crippen LogP contribution in [0.2, 0.25) is 0 Å². The highest BCUT2D eigenvalue weighted by atomic mass is 16.4. The van der Waals surface area contributed by atoms with Crippen LogP contribution in [0.1, 0.15) is 59.4 Å². The summed E-state index contributed by atoms with van der Waals surface area (Å²) in [6.45, 7) is 3.82. The molecule has 0 radical (unpaired) electrons. The molecule has 198 valence electrons. The van der Waals surface area contributed by atoms with Crippen LogP contribution in [0.4, 0.5) is 0 Å². The van der Waals surface area contributed by atoms with E-state index in [1.165, 1.54) is 11.0 Å². The second-order valence-electron chi connectivity index (χ2n) is 9.87. The van der Waals surface area contributed by atoms with Crippen molar-refractivity contribution in [1.82, 2.24) is 15.5 Å². The first-order valence-corrected chi connectivity index (χ1v) is 12.5. The number of carbonyl (C=O) groups excluding carboxylic acids is 5. The number of nitrogens with zero attached hydrogens (tertiary/aromatic N) is 1. The van der Waals surface area contributed by atoms with Gasteiger partial charge in [0.05, 0.1) is 12.5 Å². The van der Waals surface area contributed by atoms with Gasteiger partial charge in [0.25, 0.3) is 5.91 Å².